The van der Waals surface area contributed by atoms with E-state index in [-0.39, 0.29) is 23.6 Å². The van der Waals surface area contributed by atoms with Crippen molar-refractivity contribution in [3.05, 3.63) is 125 Å². The van der Waals surface area contributed by atoms with E-state index in [9.17, 15) is 9.59 Å². The molecule has 0 aliphatic carbocycles. The normalized spacial score (nSPS) is 11.5. The number of benzene rings is 3. The van der Waals surface area contributed by atoms with Gasteiger partial charge >= 0.3 is 0 Å². The number of hydrogen-bond acceptors (Lipinski definition) is 3. The van der Waals surface area contributed by atoms with E-state index in [4.69, 9.17) is 4.42 Å². The molecule has 0 aliphatic rings. The Kier molecular flexibility index (Phi) is 5.94. The molecule has 0 saturated heterocycles. The van der Waals surface area contributed by atoms with Crippen LogP contribution in [0.4, 0.5) is 5.69 Å². The van der Waals surface area contributed by atoms with Crippen molar-refractivity contribution < 1.29 is 14.0 Å². The Bertz CT molecular complexity index is 1150. The van der Waals surface area contributed by atoms with Crippen molar-refractivity contribution in [1.82, 2.24) is 5.32 Å². The van der Waals surface area contributed by atoms with Crippen LogP contribution in [0.1, 0.15) is 43.6 Å². The second kappa shape index (κ2) is 9.13. The first-order chi connectivity index (χ1) is 15.1. The summed E-state index contributed by atoms with van der Waals surface area (Å²) in [5.74, 6) is -0.310. The summed E-state index contributed by atoms with van der Waals surface area (Å²) < 4.78 is 5.09. The lowest BCUT2D eigenvalue weighted by molar-refractivity contribution is 0.0942. The molecule has 0 radical (unpaired) electrons. The number of aryl methyl sites for hydroxylation is 1. The predicted octanol–water partition coefficient (Wildman–Crippen LogP) is 5.36. The molecule has 0 spiro atoms. The summed E-state index contributed by atoms with van der Waals surface area (Å²) in [7, 11) is 0. The second-order valence-electron chi connectivity index (χ2n) is 7.24. The third-order valence-corrected chi connectivity index (χ3v) is 4.97. The lowest BCUT2D eigenvalue weighted by Crippen LogP contribution is -2.29. The number of carbonyl (C=O) groups excluding carboxylic acids is 2. The molecule has 3 aromatic carbocycles. The van der Waals surface area contributed by atoms with Gasteiger partial charge in [-0.1, -0.05) is 60.2 Å². The first-order valence-electron chi connectivity index (χ1n) is 9.97. The number of furan rings is 1. The fourth-order valence-corrected chi connectivity index (χ4v) is 3.28. The van der Waals surface area contributed by atoms with Crippen LogP contribution < -0.4 is 10.6 Å². The number of carbonyl (C=O) groups is 2. The largest absolute Gasteiger partial charge is 0.459 e. The molecule has 2 N–H and O–H groups in total. The van der Waals surface area contributed by atoms with Gasteiger partial charge in [0.05, 0.1) is 12.3 Å². The Labute approximate surface area is 180 Å². The Hall–Kier alpha value is -4.12. The van der Waals surface area contributed by atoms with E-state index < -0.39 is 0 Å². The second-order valence-corrected chi connectivity index (χ2v) is 7.24. The van der Waals surface area contributed by atoms with Crippen LogP contribution in [-0.2, 0) is 0 Å². The minimum absolute atomic E-state index is 0.196. The van der Waals surface area contributed by atoms with Crippen LogP contribution in [0.15, 0.2) is 102 Å². The highest BCUT2D eigenvalue weighted by molar-refractivity contribution is 6.02. The van der Waals surface area contributed by atoms with Gasteiger partial charge in [-0.15, -0.1) is 0 Å². The smallest absolute Gasteiger partial charge is 0.291 e. The Morgan fingerprint density at radius 3 is 2.06 bits per heavy atom. The molecule has 4 aromatic rings. The molecule has 4 rings (SSSR count). The van der Waals surface area contributed by atoms with Crippen LogP contribution >= 0.6 is 0 Å². The lowest BCUT2D eigenvalue weighted by Gasteiger charge is -2.20. The molecule has 154 valence electrons. The summed E-state index contributed by atoms with van der Waals surface area (Å²) in [4.78, 5) is 25.1. The first-order valence-corrected chi connectivity index (χ1v) is 9.97. The van der Waals surface area contributed by atoms with E-state index in [0.29, 0.717) is 11.3 Å². The molecular formula is C26H22N2O3. The van der Waals surface area contributed by atoms with Crippen molar-refractivity contribution in [2.24, 2.45) is 0 Å². The highest BCUT2D eigenvalue weighted by Crippen LogP contribution is 2.23. The van der Waals surface area contributed by atoms with Crippen LogP contribution in [0.25, 0.3) is 0 Å². The maximum Gasteiger partial charge on any atom is 0.291 e. The Morgan fingerprint density at radius 2 is 1.42 bits per heavy atom. The zero-order chi connectivity index (χ0) is 21.6. The molecule has 5 nitrogen and oxygen atoms in total. The van der Waals surface area contributed by atoms with Gasteiger partial charge in [-0.25, -0.2) is 0 Å². The molecule has 31 heavy (non-hydrogen) atoms. The molecule has 1 heterocycles. The van der Waals surface area contributed by atoms with Gasteiger partial charge in [-0.05, 0) is 54.4 Å². The molecule has 0 fully saturated rings. The van der Waals surface area contributed by atoms with E-state index in [1.807, 2.05) is 61.5 Å². The van der Waals surface area contributed by atoms with Crippen LogP contribution in [0, 0.1) is 6.92 Å². The minimum atomic E-state index is -0.342. The molecule has 1 aromatic heterocycles. The fourth-order valence-electron chi connectivity index (χ4n) is 3.28. The Morgan fingerprint density at radius 1 is 0.742 bits per heavy atom. The van der Waals surface area contributed by atoms with Crippen LogP contribution in [0.5, 0.6) is 0 Å². The predicted molar refractivity (Wildman–Crippen MR) is 120 cm³/mol. The molecule has 0 bridgehead atoms. The number of rotatable bonds is 6. The Balaban J connectivity index is 1.50. The summed E-state index contributed by atoms with van der Waals surface area (Å²) in [6, 6.07) is 27.7. The van der Waals surface area contributed by atoms with E-state index >= 15 is 0 Å². The summed E-state index contributed by atoms with van der Waals surface area (Å²) >= 11 is 0. The third kappa shape index (κ3) is 4.90. The van der Waals surface area contributed by atoms with Gasteiger partial charge in [0.25, 0.3) is 11.8 Å². The topological polar surface area (TPSA) is 71.3 Å². The number of hydrogen-bond donors (Lipinski definition) is 2. The van der Waals surface area contributed by atoms with E-state index in [1.54, 1.807) is 36.4 Å². The lowest BCUT2D eigenvalue weighted by atomic mass is 9.97. The van der Waals surface area contributed by atoms with Crippen molar-refractivity contribution in [1.29, 1.82) is 0 Å². The summed E-state index contributed by atoms with van der Waals surface area (Å²) in [5.41, 5.74) is 4.25. The van der Waals surface area contributed by atoms with Gasteiger partial charge in [-0.3, -0.25) is 9.59 Å². The van der Waals surface area contributed by atoms with Crippen molar-refractivity contribution in [3.8, 4) is 0 Å². The SMILES string of the molecule is Cc1ccc(C(NC(=O)c2ccc(NC(=O)c3ccco3)cc2)c2ccccc2)cc1. The van der Waals surface area contributed by atoms with Crippen molar-refractivity contribution in [2.45, 2.75) is 13.0 Å². The van der Waals surface area contributed by atoms with Gasteiger partial charge in [0.1, 0.15) is 0 Å². The van der Waals surface area contributed by atoms with E-state index in [0.717, 1.165) is 16.7 Å². The first kappa shape index (κ1) is 20.2. The van der Waals surface area contributed by atoms with E-state index in [1.165, 1.54) is 6.26 Å². The van der Waals surface area contributed by atoms with Gasteiger partial charge in [-0.2, -0.15) is 0 Å². The monoisotopic (exact) mass is 410 g/mol. The molecule has 5 heteroatoms. The van der Waals surface area contributed by atoms with Gasteiger partial charge in [0, 0.05) is 11.3 Å². The zero-order valence-electron chi connectivity index (χ0n) is 17.0. The van der Waals surface area contributed by atoms with Crippen molar-refractivity contribution in [3.63, 3.8) is 0 Å². The standard InChI is InChI=1S/C26H22N2O3/c1-18-9-11-20(12-10-18)24(19-6-3-2-4-7-19)28-25(29)21-13-15-22(16-14-21)27-26(30)23-8-5-17-31-23/h2-17,24H,1H3,(H,27,30)(H,28,29). The fraction of sp³-hybridized carbons (Fsp3) is 0.0769. The van der Waals surface area contributed by atoms with Gasteiger partial charge in [0.15, 0.2) is 5.76 Å². The summed E-state index contributed by atoms with van der Waals surface area (Å²) in [6.07, 6.45) is 1.44. The molecule has 0 saturated carbocycles. The van der Waals surface area contributed by atoms with E-state index in [2.05, 4.69) is 10.6 Å². The summed E-state index contributed by atoms with van der Waals surface area (Å²) in [5, 5.41) is 5.87. The zero-order valence-corrected chi connectivity index (χ0v) is 17.0. The molecule has 1 atom stereocenters. The molecular weight excluding hydrogens is 388 g/mol. The van der Waals surface area contributed by atoms with Crippen LogP contribution in [0.2, 0.25) is 0 Å². The average Bonchev–Trinajstić information content (AvgIpc) is 3.34. The minimum Gasteiger partial charge on any atom is -0.459 e. The number of anilines is 1. The number of amides is 2. The maximum absolute atomic E-state index is 13.0. The number of nitrogens with one attached hydrogen (secondary N) is 2. The molecule has 1 unspecified atom stereocenters. The maximum atomic E-state index is 13.0. The van der Waals surface area contributed by atoms with Crippen LogP contribution in [-0.4, -0.2) is 11.8 Å². The van der Waals surface area contributed by atoms with Crippen molar-refractivity contribution >= 4 is 17.5 Å². The summed E-state index contributed by atoms with van der Waals surface area (Å²) in [6.45, 7) is 2.03. The quantitative estimate of drug-likeness (QED) is 0.449. The average molecular weight is 410 g/mol. The van der Waals surface area contributed by atoms with Crippen LogP contribution in [0.3, 0.4) is 0 Å². The van der Waals surface area contributed by atoms with Crippen molar-refractivity contribution in [2.75, 3.05) is 5.32 Å². The highest BCUT2D eigenvalue weighted by Gasteiger charge is 2.18. The highest BCUT2D eigenvalue weighted by atomic mass is 16.3. The van der Waals surface area contributed by atoms with Gasteiger partial charge in [0.2, 0.25) is 0 Å². The third-order valence-electron chi connectivity index (χ3n) is 4.97. The molecule has 2 amide bonds. The molecule has 0 aliphatic heterocycles. The van der Waals surface area contributed by atoms with Gasteiger partial charge < -0.3 is 15.1 Å².